The van der Waals surface area contributed by atoms with Crippen LogP contribution in [0.4, 0.5) is 0 Å². The zero-order chi connectivity index (χ0) is 12.1. The van der Waals surface area contributed by atoms with Gasteiger partial charge in [-0.3, -0.25) is 4.79 Å². The van der Waals surface area contributed by atoms with Crippen LogP contribution in [-0.2, 0) is 6.42 Å². The molecule has 0 amide bonds. The molecular formula is C16H12O. The molecule has 0 radical (unpaired) electrons. The van der Waals surface area contributed by atoms with Crippen LogP contribution in [0.25, 0.3) is 0 Å². The minimum Gasteiger partial charge on any atom is -0.289 e. The fourth-order valence-corrected chi connectivity index (χ4v) is 1.65. The van der Waals surface area contributed by atoms with Crippen LogP contribution in [0.2, 0.25) is 0 Å². The van der Waals surface area contributed by atoms with E-state index in [0.29, 0.717) is 17.5 Å². The van der Waals surface area contributed by atoms with Crippen molar-refractivity contribution >= 4 is 5.78 Å². The predicted octanol–water partition coefficient (Wildman–Crippen LogP) is 3.09. The van der Waals surface area contributed by atoms with Gasteiger partial charge in [-0.05, 0) is 5.56 Å². The maximum atomic E-state index is 12.1. The third kappa shape index (κ3) is 2.62. The third-order valence-corrected chi connectivity index (χ3v) is 2.56. The van der Waals surface area contributed by atoms with Gasteiger partial charge in [0.05, 0.1) is 0 Å². The van der Waals surface area contributed by atoms with Crippen molar-refractivity contribution in [1.29, 1.82) is 0 Å². The highest BCUT2D eigenvalue weighted by Gasteiger charge is 2.07. The number of terminal acetylenes is 1. The highest BCUT2D eigenvalue weighted by atomic mass is 16.1. The molecule has 0 aliphatic rings. The summed E-state index contributed by atoms with van der Waals surface area (Å²) in [6, 6.07) is 16.7. The minimum absolute atomic E-state index is 0.0397. The highest BCUT2D eigenvalue weighted by molar-refractivity contribution is 6.08. The van der Waals surface area contributed by atoms with Gasteiger partial charge in [0.2, 0.25) is 0 Å². The molecule has 0 saturated carbocycles. The first-order valence-electron chi connectivity index (χ1n) is 5.43. The number of carbonyl (C=O) groups excluding carboxylic acids is 1. The summed E-state index contributed by atoms with van der Waals surface area (Å²) in [5, 5.41) is 0. The van der Waals surface area contributed by atoms with E-state index in [1.165, 1.54) is 0 Å². The zero-order valence-electron chi connectivity index (χ0n) is 9.39. The Bertz CT molecular complexity index is 544. The summed E-state index contributed by atoms with van der Waals surface area (Å²) in [5.74, 6) is 2.62. The lowest BCUT2D eigenvalue weighted by atomic mass is 10.0. The van der Waals surface area contributed by atoms with Gasteiger partial charge in [0.25, 0.3) is 0 Å². The van der Waals surface area contributed by atoms with Crippen LogP contribution >= 0.6 is 0 Å². The van der Waals surface area contributed by atoms with Crippen molar-refractivity contribution in [2.24, 2.45) is 0 Å². The summed E-state index contributed by atoms with van der Waals surface area (Å²) in [7, 11) is 0. The fraction of sp³-hybridized carbons (Fsp3) is 0.0625. The molecule has 1 heteroatoms. The molecule has 0 spiro atoms. The van der Waals surface area contributed by atoms with Gasteiger partial charge in [0, 0.05) is 17.5 Å². The van der Waals surface area contributed by atoms with Gasteiger partial charge < -0.3 is 0 Å². The van der Waals surface area contributed by atoms with Crippen molar-refractivity contribution in [3.63, 3.8) is 0 Å². The molecule has 0 aromatic heterocycles. The smallest absolute Gasteiger partial charge is 0.193 e. The number of rotatable bonds is 3. The van der Waals surface area contributed by atoms with Crippen molar-refractivity contribution in [3.8, 4) is 12.3 Å². The summed E-state index contributed by atoms with van der Waals surface area (Å²) in [4.78, 5) is 12.1. The first-order chi connectivity index (χ1) is 8.31. The predicted molar refractivity (Wildman–Crippen MR) is 68.9 cm³/mol. The van der Waals surface area contributed by atoms with E-state index in [9.17, 15) is 4.79 Å². The van der Waals surface area contributed by atoms with Crippen LogP contribution in [0.5, 0.6) is 0 Å². The Morgan fingerprint density at radius 2 is 1.53 bits per heavy atom. The molecule has 2 aromatic rings. The van der Waals surface area contributed by atoms with Crippen LogP contribution in [-0.4, -0.2) is 5.78 Å². The Morgan fingerprint density at radius 3 is 2.12 bits per heavy atom. The first-order valence-corrected chi connectivity index (χ1v) is 5.43. The molecule has 0 heterocycles. The molecule has 0 aliphatic carbocycles. The quantitative estimate of drug-likeness (QED) is 0.574. The fourth-order valence-electron chi connectivity index (χ4n) is 1.65. The molecular weight excluding hydrogens is 208 g/mol. The van der Waals surface area contributed by atoms with Crippen molar-refractivity contribution in [1.82, 2.24) is 0 Å². The largest absolute Gasteiger partial charge is 0.289 e. The molecule has 82 valence electrons. The van der Waals surface area contributed by atoms with Gasteiger partial charge >= 0.3 is 0 Å². The second-order valence-corrected chi connectivity index (χ2v) is 3.77. The second-order valence-electron chi connectivity index (χ2n) is 3.77. The number of benzene rings is 2. The van der Waals surface area contributed by atoms with Gasteiger partial charge in [0.1, 0.15) is 0 Å². The van der Waals surface area contributed by atoms with Gasteiger partial charge in [-0.15, -0.1) is 12.3 Å². The van der Waals surface area contributed by atoms with Crippen LogP contribution in [0.1, 0.15) is 21.5 Å². The topological polar surface area (TPSA) is 17.1 Å². The zero-order valence-corrected chi connectivity index (χ0v) is 9.39. The lowest BCUT2D eigenvalue weighted by Crippen LogP contribution is -2.00. The molecule has 2 aromatic carbocycles. The lowest BCUT2D eigenvalue weighted by Gasteiger charge is -2.02. The van der Waals surface area contributed by atoms with Crippen LogP contribution in [0, 0.1) is 12.3 Å². The van der Waals surface area contributed by atoms with Crippen LogP contribution < -0.4 is 0 Å². The van der Waals surface area contributed by atoms with E-state index >= 15 is 0 Å². The van der Waals surface area contributed by atoms with Crippen LogP contribution in [0.3, 0.4) is 0 Å². The Kier molecular flexibility index (Phi) is 3.37. The molecule has 0 aliphatic heterocycles. The molecule has 0 saturated heterocycles. The maximum Gasteiger partial charge on any atom is 0.193 e. The minimum atomic E-state index is 0.0397. The van der Waals surface area contributed by atoms with Gasteiger partial charge in [-0.2, -0.15) is 0 Å². The Labute approximate surface area is 101 Å². The number of hydrogen-bond donors (Lipinski definition) is 0. The SMILES string of the molecule is C#CCc1ccc(C(=O)c2ccccc2)cc1. The average Bonchev–Trinajstić information content (AvgIpc) is 2.40. The van der Waals surface area contributed by atoms with Crippen molar-refractivity contribution in [2.45, 2.75) is 6.42 Å². The van der Waals surface area contributed by atoms with E-state index in [2.05, 4.69) is 5.92 Å². The standard InChI is InChI=1S/C16H12O/c1-2-6-13-9-11-15(12-10-13)16(17)14-7-4-3-5-8-14/h1,3-5,7-12H,6H2. The highest BCUT2D eigenvalue weighted by Crippen LogP contribution is 2.11. The Balaban J connectivity index is 2.24. The van der Waals surface area contributed by atoms with Gasteiger partial charge in [0.15, 0.2) is 5.78 Å². The number of ketones is 1. The summed E-state index contributed by atoms with van der Waals surface area (Å²) < 4.78 is 0. The van der Waals surface area contributed by atoms with E-state index < -0.39 is 0 Å². The molecule has 0 bridgehead atoms. The lowest BCUT2D eigenvalue weighted by molar-refractivity contribution is 0.103. The molecule has 0 atom stereocenters. The molecule has 0 fully saturated rings. The normalized spacial score (nSPS) is 9.59. The summed E-state index contributed by atoms with van der Waals surface area (Å²) in [5.41, 5.74) is 2.45. The van der Waals surface area contributed by atoms with E-state index in [0.717, 1.165) is 5.56 Å². The van der Waals surface area contributed by atoms with E-state index in [-0.39, 0.29) is 5.78 Å². The van der Waals surface area contributed by atoms with Crippen LogP contribution in [0.15, 0.2) is 54.6 Å². The molecule has 1 nitrogen and oxygen atoms in total. The molecule has 0 unspecified atom stereocenters. The molecule has 2 rings (SSSR count). The first kappa shape index (κ1) is 11.2. The average molecular weight is 220 g/mol. The van der Waals surface area contributed by atoms with E-state index in [4.69, 9.17) is 6.42 Å². The van der Waals surface area contributed by atoms with Crippen molar-refractivity contribution < 1.29 is 4.79 Å². The van der Waals surface area contributed by atoms with Crippen molar-refractivity contribution in [3.05, 3.63) is 71.3 Å². The molecule has 0 N–H and O–H groups in total. The third-order valence-electron chi connectivity index (χ3n) is 2.56. The maximum absolute atomic E-state index is 12.1. The summed E-state index contributed by atoms with van der Waals surface area (Å²) in [6.07, 6.45) is 5.83. The second kappa shape index (κ2) is 5.14. The monoisotopic (exact) mass is 220 g/mol. The Morgan fingerprint density at radius 1 is 0.941 bits per heavy atom. The van der Waals surface area contributed by atoms with Crippen molar-refractivity contribution in [2.75, 3.05) is 0 Å². The summed E-state index contributed by atoms with van der Waals surface area (Å²) >= 11 is 0. The molecule has 17 heavy (non-hydrogen) atoms. The van der Waals surface area contributed by atoms with E-state index in [1.54, 1.807) is 0 Å². The summed E-state index contributed by atoms with van der Waals surface area (Å²) in [6.45, 7) is 0. The Hall–Kier alpha value is -2.33. The number of hydrogen-bond acceptors (Lipinski definition) is 1. The van der Waals surface area contributed by atoms with Gasteiger partial charge in [-0.25, -0.2) is 0 Å². The van der Waals surface area contributed by atoms with Gasteiger partial charge in [-0.1, -0.05) is 54.6 Å². The number of carbonyl (C=O) groups is 1. The van der Waals surface area contributed by atoms with E-state index in [1.807, 2.05) is 54.6 Å².